The van der Waals surface area contributed by atoms with Gasteiger partial charge < -0.3 is 20.3 Å². The molecule has 288 valence electrons. The minimum Gasteiger partial charge on any atom is -0.461 e. The summed E-state index contributed by atoms with van der Waals surface area (Å²) < 4.78 is 54.4. The largest absolute Gasteiger partial charge is 0.461 e. The van der Waals surface area contributed by atoms with E-state index < -0.39 is 23.3 Å². The molecular weight excluding hydrogens is 776 g/mol. The van der Waals surface area contributed by atoms with Crippen LogP contribution in [0.25, 0.3) is 32.1 Å². The number of hydrogen-bond acceptors (Lipinski definition) is 11. The topological polar surface area (TPSA) is 142 Å². The molecule has 2 N–H and O–H groups in total. The van der Waals surface area contributed by atoms with Gasteiger partial charge in [0.05, 0.1) is 20.8 Å². The first-order valence-corrected chi connectivity index (χ1v) is 19.5. The van der Waals surface area contributed by atoms with Crippen molar-refractivity contribution in [1.29, 1.82) is 5.26 Å². The van der Waals surface area contributed by atoms with Crippen molar-refractivity contribution in [1.82, 2.24) is 34.5 Å². The number of benzene rings is 2. The van der Waals surface area contributed by atoms with E-state index >= 15 is 8.78 Å². The number of thiophene rings is 1. The van der Waals surface area contributed by atoms with Gasteiger partial charge in [-0.05, 0) is 61.5 Å². The Labute approximate surface area is 328 Å². The van der Waals surface area contributed by atoms with Crippen molar-refractivity contribution in [2.75, 3.05) is 43.9 Å². The zero-order valence-corrected chi connectivity index (χ0v) is 32.7. The third-order valence-corrected chi connectivity index (χ3v) is 13.1. The van der Waals surface area contributed by atoms with Gasteiger partial charge in [-0.3, -0.25) is 4.90 Å². The molecule has 3 saturated heterocycles. The lowest BCUT2D eigenvalue weighted by atomic mass is 9.76. The lowest BCUT2D eigenvalue weighted by Crippen LogP contribution is -2.66. The highest BCUT2D eigenvalue weighted by Gasteiger charge is 2.50. The fraction of sp³-hybridized carbons (Fsp3) is 0.459. The molecule has 8 rings (SSSR count). The van der Waals surface area contributed by atoms with Gasteiger partial charge in [0.15, 0.2) is 5.82 Å². The van der Waals surface area contributed by atoms with E-state index in [-0.39, 0.29) is 95.6 Å². The Morgan fingerprint density at radius 3 is 2.73 bits per heavy atom. The highest BCUT2D eigenvalue weighted by atomic mass is 35.5. The average molecular weight is 814 g/mol. The first kappa shape index (κ1) is 37.5. The number of amides is 1. The van der Waals surface area contributed by atoms with Crippen LogP contribution in [0, 0.1) is 34.8 Å². The minimum absolute atomic E-state index is 0.0152. The highest BCUT2D eigenvalue weighted by molar-refractivity contribution is 7.23. The summed E-state index contributed by atoms with van der Waals surface area (Å²) in [5.74, 6) is -1.09. The van der Waals surface area contributed by atoms with Gasteiger partial charge >= 0.3 is 12.0 Å². The van der Waals surface area contributed by atoms with E-state index in [0.29, 0.717) is 25.3 Å². The van der Waals surface area contributed by atoms with Crippen LogP contribution in [0.5, 0.6) is 6.01 Å². The van der Waals surface area contributed by atoms with E-state index in [0.717, 1.165) is 35.4 Å². The van der Waals surface area contributed by atoms with Crippen molar-refractivity contribution in [3.05, 3.63) is 52.0 Å². The maximum absolute atomic E-state index is 17.2. The molecule has 2 aromatic carbocycles. The molecule has 6 heterocycles. The molecule has 1 amide bonds. The quantitative estimate of drug-likeness (QED) is 0.167. The Balaban J connectivity index is 1.22. The number of anilines is 2. The predicted octanol–water partition coefficient (Wildman–Crippen LogP) is 7.55. The fourth-order valence-corrected chi connectivity index (χ4v) is 10.3. The molecule has 18 heteroatoms. The number of nitrogens with zero attached hydrogens (tertiary/aromatic N) is 9. The lowest BCUT2D eigenvalue weighted by Gasteiger charge is -2.53. The van der Waals surface area contributed by atoms with Crippen LogP contribution < -0.4 is 15.4 Å². The molecule has 0 aliphatic carbocycles. The number of likely N-dealkylation sites (tertiary alicyclic amines) is 1. The average Bonchev–Trinajstić information content (AvgIpc) is 3.89. The van der Waals surface area contributed by atoms with Crippen molar-refractivity contribution in [3.8, 4) is 23.2 Å². The van der Waals surface area contributed by atoms with Crippen LogP contribution in [0.15, 0.2) is 24.5 Å². The second-order valence-corrected chi connectivity index (χ2v) is 16.8. The first-order valence-electron chi connectivity index (χ1n) is 18.0. The number of fused-ring (bicyclic) bond motifs is 3. The number of nitrogens with two attached hydrogens (primary N) is 1. The predicted molar refractivity (Wildman–Crippen MR) is 205 cm³/mol. The van der Waals surface area contributed by atoms with Crippen LogP contribution in [0.2, 0.25) is 10.3 Å². The molecule has 3 aliphatic heterocycles. The van der Waals surface area contributed by atoms with E-state index in [1.54, 1.807) is 11.0 Å². The first-order chi connectivity index (χ1) is 26.2. The SMILES string of the molecule is CC(C)[C@@H]1[C@H]([C@@H](C)N(C)c2nc(OC[C@@]34CCCN3C[C@H](F)C4)nc3c(F)c(-c4ccc(F)c5sc(N)c(C#N)c45)c(Cl)cc23)CN1C(=O)n1cnc(Cl)n1. The maximum atomic E-state index is 17.2. The van der Waals surface area contributed by atoms with Crippen LogP contribution in [0.1, 0.15) is 45.6 Å². The number of nitriles is 1. The molecule has 5 aromatic rings. The summed E-state index contributed by atoms with van der Waals surface area (Å²) in [4.78, 5) is 32.4. The van der Waals surface area contributed by atoms with E-state index in [1.807, 2.05) is 38.8 Å². The van der Waals surface area contributed by atoms with Crippen LogP contribution in [-0.2, 0) is 0 Å². The lowest BCUT2D eigenvalue weighted by molar-refractivity contribution is 0.00846. The van der Waals surface area contributed by atoms with Crippen molar-refractivity contribution < 1.29 is 22.7 Å². The number of rotatable bonds is 8. The van der Waals surface area contributed by atoms with Gasteiger partial charge in [-0.25, -0.2) is 22.9 Å². The zero-order chi connectivity index (χ0) is 39.1. The molecule has 0 spiro atoms. The van der Waals surface area contributed by atoms with Gasteiger partial charge in [-0.2, -0.15) is 19.9 Å². The van der Waals surface area contributed by atoms with E-state index in [9.17, 15) is 14.4 Å². The summed E-state index contributed by atoms with van der Waals surface area (Å²) in [5.41, 5.74) is 5.59. The van der Waals surface area contributed by atoms with Crippen molar-refractivity contribution in [3.63, 3.8) is 0 Å². The Hall–Kier alpha value is -4.43. The molecule has 0 radical (unpaired) electrons. The third kappa shape index (κ3) is 6.10. The molecule has 5 atom stereocenters. The van der Waals surface area contributed by atoms with Crippen LogP contribution >= 0.6 is 34.5 Å². The number of alkyl halides is 1. The summed E-state index contributed by atoms with van der Waals surface area (Å²) in [6.07, 6.45) is 2.27. The Bertz CT molecular complexity index is 2400. The smallest absolute Gasteiger partial charge is 0.346 e. The Morgan fingerprint density at radius 2 is 2.02 bits per heavy atom. The Morgan fingerprint density at radius 1 is 1.24 bits per heavy atom. The van der Waals surface area contributed by atoms with E-state index in [1.165, 1.54) is 18.5 Å². The number of carbonyl (C=O) groups is 1. The number of aromatic nitrogens is 5. The van der Waals surface area contributed by atoms with Gasteiger partial charge in [-0.1, -0.05) is 31.5 Å². The number of hydrogen-bond donors (Lipinski definition) is 1. The summed E-state index contributed by atoms with van der Waals surface area (Å²) in [5, 5.41) is 14.4. The van der Waals surface area contributed by atoms with Gasteiger partial charge in [0, 0.05) is 60.9 Å². The third-order valence-electron chi connectivity index (χ3n) is 11.6. The molecule has 3 fully saturated rings. The van der Waals surface area contributed by atoms with Crippen molar-refractivity contribution >= 4 is 72.4 Å². The number of halogens is 5. The number of ether oxygens (including phenoxy) is 1. The molecule has 0 saturated carbocycles. The molecule has 0 unspecified atom stereocenters. The summed E-state index contributed by atoms with van der Waals surface area (Å²) in [6, 6.07) is 5.25. The second-order valence-electron chi connectivity index (χ2n) is 15.0. The number of carbonyl (C=O) groups excluding carboxylic acids is 1. The molecule has 3 aliphatic rings. The normalized spacial score (nSPS) is 23.0. The van der Waals surface area contributed by atoms with Crippen molar-refractivity contribution in [2.45, 2.75) is 63.8 Å². The minimum atomic E-state index is -0.979. The monoisotopic (exact) mass is 812 g/mol. The second kappa shape index (κ2) is 13.9. The van der Waals surface area contributed by atoms with Crippen LogP contribution in [0.4, 0.5) is 28.8 Å². The maximum Gasteiger partial charge on any atom is 0.346 e. The molecular formula is C37H37Cl2F3N10O2S. The van der Waals surface area contributed by atoms with Gasteiger partial charge in [0.2, 0.25) is 5.28 Å². The van der Waals surface area contributed by atoms with E-state index in [4.69, 9.17) is 38.7 Å². The standard InChI is InChI=1S/C37H37Cl2F3N10O2S/c1-17(2)30-23(14-51(30)36(53)52-16-45-34(39)48-52)18(3)49(4)33-21-10-24(38)27(20-6-7-25(41)31-26(20)22(12-43)32(44)55-31)28(42)29(21)46-35(47-33)54-15-37-8-5-9-50(37)13-19(40)11-37/h6-7,10,16-19,23,30H,5,8-9,11,13-15,44H2,1-4H3/t18-,19-,23+,30-,37+/m1/s1. The summed E-state index contributed by atoms with van der Waals surface area (Å²) in [7, 11) is 1.83. The zero-order valence-electron chi connectivity index (χ0n) is 30.4. The summed E-state index contributed by atoms with van der Waals surface area (Å²) in [6.45, 7) is 7.66. The van der Waals surface area contributed by atoms with E-state index in [2.05, 4.69) is 20.0 Å². The molecule has 12 nitrogen and oxygen atoms in total. The molecule has 3 aromatic heterocycles. The van der Waals surface area contributed by atoms with Crippen molar-refractivity contribution in [2.24, 2.45) is 11.8 Å². The number of nitrogen functional groups attached to an aromatic ring is 1. The van der Waals surface area contributed by atoms with Gasteiger partial charge in [0.25, 0.3) is 0 Å². The highest BCUT2D eigenvalue weighted by Crippen LogP contribution is 2.47. The Kier molecular flexibility index (Phi) is 9.51. The van der Waals surface area contributed by atoms with Crippen LogP contribution in [-0.4, -0.2) is 97.6 Å². The van der Waals surface area contributed by atoms with Gasteiger partial charge in [-0.15, -0.1) is 16.4 Å². The molecule has 55 heavy (non-hydrogen) atoms. The summed E-state index contributed by atoms with van der Waals surface area (Å²) >= 11 is 13.7. The fourth-order valence-electron chi connectivity index (χ4n) is 8.89. The molecule has 0 bridgehead atoms. The van der Waals surface area contributed by atoms with Gasteiger partial charge in [0.1, 0.15) is 47.3 Å². The van der Waals surface area contributed by atoms with Crippen LogP contribution in [0.3, 0.4) is 0 Å².